The number of carbonyl (C=O) groups is 3. The van der Waals surface area contributed by atoms with Crippen molar-refractivity contribution >= 4 is 17.7 Å². The fourth-order valence-electron chi connectivity index (χ4n) is 8.95. The van der Waals surface area contributed by atoms with Crippen LogP contribution in [-0.4, -0.2) is 63.1 Å². The van der Waals surface area contributed by atoms with Gasteiger partial charge in [-0.05, 0) is 43.3 Å². The van der Waals surface area contributed by atoms with Gasteiger partial charge in [-0.3, -0.25) is 14.4 Å². The molecule has 8 atom stereocenters. The van der Waals surface area contributed by atoms with Gasteiger partial charge in [-0.1, -0.05) is 98.1 Å². The van der Waals surface area contributed by atoms with Crippen molar-refractivity contribution in [3.8, 4) is 0 Å². The van der Waals surface area contributed by atoms with Crippen LogP contribution in [0.2, 0.25) is 0 Å². The van der Waals surface area contributed by atoms with E-state index in [0.29, 0.717) is 24.8 Å². The SMILES string of the molecule is CCCCCCCCCC(=O)O[C@@]12C[C@@H](C)[C@]34C=C(C)[C@H](O)[C@@]3(O)[C@H](O)C(COC(=O)CCCCC)=C[C@H](C4=O)[C@@H]1C2(C)C. The summed E-state index contributed by atoms with van der Waals surface area (Å²) in [5, 5.41) is 35.4. The Kier molecular flexibility index (Phi) is 10.6. The van der Waals surface area contributed by atoms with Gasteiger partial charge < -0.3 is 24.8 Å². The first kappa shape index (κ1) is 34.8. The Labute approximate surface area is 263 Å². The highest BCUT2D eigenvalue weighted by Gasteiger charge is 2.83. The minimum Gasteiger partial charge on any atom is -0.461 e. The van der Waals surface area contributed by atoms with Crippen LogP contribution < -0.4 is 0 Å². The molecule has 0 unspecified atom stereocenters. The molecule has 0 radical (unpaired) electrons. The summed E-state index contributed by atoms with van der Waals surface area (Å²) in [7, 11) is 0. The van der Waals surface area contributed by atoms with Crippen molar-refractivity contribution in [3.63, 3.8) is 0 Å². The van der Waals surface area contributed by atoms with Gasteiger partial charge in [0.15, 0.2) is 5.78 Å². The number of aliphatic hydroxyl groups excluding tert-OH is 2. The smallest absolute Gasteiger partial charge is 0.306 e. The number of allylic oxidation sites excluding steroid dienone is 1. The van der Waals surface area contributed by atoms with Gasteiger partial charge in [-0.2, -0.15) is 0 Å². The van der Waals surface area contributed by atoms with E-state index in [4.69, 9.17) is 9.47 Å². The van der Waals surface area contributed by atoms with Gasteiger partial charge in [0, 0.05) is 30.1 Å². The molecule has 8 nitrogen and oxygen atoms in total. The van der Waals surface area contributed by atoms with E-state index in [2.05, 4.69) is 6.92 Å². The molecule has 8 heteroatoms. The van der Waals surface area contributed by atoms with Crippen molar-refractivity contribution in [1.82, 2.24) is 0 Å². The van der Waals surface area contributed by atoms with E-state index in [9.17, 15) is 29.7 Å². The molecule has 3 N–H and O–H groups in total. The van der Waals surface area contributed by atoms with Gasteiger partial charge in [0.05, 0.1) is 5.41 Å². The van der Waals surface area contributed by atoms with Crippen LogP contribution in [0.4, 0.5) is 0 Å². The lowest BCUT2D eigenvalue weighted by atomic mass is 9.59. The van der Waals surface area contributed by atoms with Gasteiger partial charge in [-0.25, -0.2) is 0 Å². The molecule has 0 amide bonds. The monoisotopic (exact) mass is 616 g/mol. The van der Waals surface area contributed by atoms with E-state index in [1.807, 2.05) is 27.7 Å². The van der Waals surface area contributed by atoms with E-state index >= 15 is 0 Å². The summed E-state index contributed by atoms with van der Waals surface area (Å²) in [6.07, 6.45) is 11.2. The largest absolute Gasteiger partial charge is 0.461 e. The van der Waals surface area contributed by atoms with Crippen molar-refractivity contribution < 1.29 is 39.2 Å². The first-order valence-corrected chi connectivity index (χ1v) is 17.2. The second-order valence-electron chi connectivity index (χ2n) is 14.7. The molecule has 2 saturated carbocycles. The summed E-state index contributed by atoms with van der Waals surface area (Å²) in [4.78, 5) is 40.5. The molecule has 0 saturated heterocycles. The quantitative estimate of drug-likeness (QED) is 0.120. The summed E-state index contributed by atoms with van der Waals surface area (Å²) >= 11 is 0. The third-order valence-electron chi connectivity index (χ3n) is 11.5. The zero-order valence-corrected chi connectivity index (χ0v) is 27.8. The average molecular weight is 617 g/mol. The number of ether oxygens (including phenoxy) is 2. The maximum Gasteiger partial charge on any atom is 0.306 e. The Morgan fingerprint density at radius 3 is 2.14 bits per heavy atom. The molecule has 4 aliphatic carbocycles. The van der Waals surface area contributed by atoms with E-state index in [-0.39, 0.29) is 30.4 Å². The second kappa shape index (κ2) is 13.4. The van der Waals surface area contributed by atoms with Gasteiger partial charge >= 0.3 is 11.9 Å². The number of carbonyl (C=O) groups excluding carboxylic acids is 3. The van der Waals surface area contributed by atoms with Crippen LogP contribution in [0.25, 0.3) is 0 Å². The van der Waals surface area contributed by atoms with Crippen molar-refractivity contribution in [2.45, 2.75) is 148 Å². The molecule has 4 aliphatic rings. The van der Waals surface area contributed by atoms with Crippen molar-refractivity contribution in [2.75, 3.05) is 6.61 Å². The highest BCUT2D eigenvalue weighted by molar-refractivity contribution is 5.96. The number of ketones is 1. The zero-order valence-electron chi connectivity index (χ0n) is 27.8. The lowest BCUT2D eigenvalue weighted by Gasteiger charge is -2.48. The first-order chi connectivity index (χ1) is 20.8. The minimum absolute atomic E-state index is 0.193. The van der Waals surface area contributed by atoms with E-state index in [1.54, 1.807) is 19.1 Å². The lowest BCUT2D eigenvalue weighted by molar-refractivity contribution is -0.192. The number of fused-ring (bicyclic) bond motifs is 3. The van der Waals surface area contributed by atoms with Gasteiger partial charge in [0.25, 0.3) is 0 Å². The normalized spacial score (nSPS) is 36.8. The third-order valence-corrected chi connectivity index (χ3v) is 11.5. The number of aliphatic hydroxyl groups is 3. The Morgan fingerprint density at radius 2 is 1.48 bits per heavy atom. The second-order valence-corrected chi connectivity index (χ2v) is 14.7. The molecule has 2 bridgehead atoms. The van der Waals surface area contributed by atoms with E-state index in [1.165, 1.54) is 25.7 Å². The fourth-order valence-corrected chi connectivity index (χ4v) is 8.95. The van der Waals surface area contributed by atoms with Gasteiger partial charge in [-0.15, -0.1) is 0 Å². The number of esters is 2. The Hall–Kier alpha value is -2.03. The highest BCUT2D eigenvalue weighted by Crippen LogP contribution is 2.75. The van der Waals surface area contributed by atoms with Crippen molar-refractivity contribution in [2.24, 2.45) is 28.6 Å². The van der Waals surface area contributed by atoms with Crippen LogP contribution in [0, 0.1) is 28.6 Å². The van der Waals surface area contributed by atoms with E-state index < -0.39 is 58.0 Å². The highest BCUT2D eigenvalue weighted by atomic mass is 16.6. The van der Waals surface area contributed by atoms with Crippen LogP contribution >= 0.6 is 0 Å². The molecule has 0 heterocycles. The maximum absolute atomic E-state index is 14.7. The van der Waals surface area contributed by atoms with Crippen LogP contribution in [0.5, 0.6) is 0 Å². The summed E-state index contributed by atoms with van der Waals surface area (Å²) in [5.41, 5.74) is -4.74. The minimum atomic E-state index is -2.26. The molecule has 4 rings (SSSR count). The first-order valence-electron chi connectivity index (χ1n) is 17.2. The molecular formula is C36H56O8. The summed E-state index contributed by atoms with van der Waals surface area (Å²) in [5.74, 6) is -2.76. The summed E-state index contributed by atoms with van der Waals surface area (Å²) < 4.78 is 11.9. The zero-order chi connectivity index (χ0) is 32.5. The molecule has 248 valence electrons. The molecule has 44 heavy (non-hydrogen) atoms. The van der Waals surface area contributed by atoms with E-state index in [0.717, 1.165) is 32.1 Å². The molecular weight excluding hydrogens is 560 g/mol. The molecule has 1 spiro atoms. The Balaban J connectivity index is 1.63. The van der Waals surface area contributed by atoms with Crippen molar-refractivity contribution in [1.29, 1.82) is 0 Å². The molecule has 2 fully saturated rings. The fraction of sp³-hybridized carbons (Fsp3) is 0.806. The predicted molar refractivity (Wildman–Crippen MR) is 167 cm³/mol. The summed E-state index contributed by atoms with van der Waals surface area (Å²) in [6, 6.07) is 0. The number of hydrogen-bond acceptors (Lipinski definition) is 8. The standard InChI is InChI=1S/C36H56O8/c1-7-9-11-12-13-14-16-18-28(38)44-35-21-24(4)34-20-23(3)30(39)36(34,42)31(40)25(22-43-27(37)17-15-10-8-2)19-26(32(34)41)29(35)33(35,5)6/h19-20,24,26,29-31,39-40,42H,7-18,21-22H2,1-6H3/t24-,26+,29-,30+,31-,34+,35+,36-/m1/s1. The Bertz CT molecular complexity index is 1150. The van der Waals surface area contributed by atoms with Crippen LogP contribution in [0.1, 0.15) is 125 Å². The van der Waals surface area contributed by atoms with Gasteiger partial charge in [0.2, 0.25) is 0 Å². The molecule has 0 aromatic carbocycles. The molecule has 0 aliphatic heterocycles. The van der Waals surface area contributed by atoms with Crippen LogP contribution in [-0.2, 0) is 23.9 Å². The predicted octanol–water partition coefficient (Wildman–Crippen LogP) is 5.75. The topological polar surface area (TPSA) is 130 Å². The number of rotatable bonds is 15. The molecule has 0 aromatic heterocycles. The number of unbranched alkanes of at least 4 members (excludes halogenated alkanes) is 8. The molecule has 0 aromatic rings. The van der Waals surface area contributed by atoms with Gasteiger partial charge in [0.1, 0.15) is 30.0 Å². The number of Topliss-reactive ketones (excluding diaryl/α,β-unsaturated/α-hetero) is 1. The Morgan fingerprint density at radius 1 is 0.909 bits per heavy atom. The average Bonchev–Trinajstić information content (AvgIpc) is 3.38. The summed E-state index contributed by atoms with van der Waals surface area (Å²) in [6.45, 7) is 11.4. The lowest BCUT2D eigenvalue weighted by Crippen LogP contribution is -2.65. The third kappa shape index (κ3) is 5.62. The van der Waals surface area contributed by atoms with Crippen LogP contribution in [0.15, 0.2) is 23.3 Å². The van der Waals surface area contributed by atoms with Crippen LogP contribution in [0.3, 0.4) is 0 Å². The maximum atomic E-state index is 14.7. The van der Waals surface area contributed by atoms with Crippen molar-refractivity contribution in [3.05, 3.63) is 23.3 Å². The number of hydrogen-bond donors (Lipinski definition) is 3.